The average molecular weight is 484 g/mol. The van der Waals surface area contributed by atoms with Crippen LogP contribution in [0.5, 0.6) is 0 Å². The molecule has 2 aliphatic rings. The molecule has 0 aliphatic heterocycles. The topological polar surface area (TPSA) is 98.7 Å². The zero-order chi connectivity index (χ0) is 23.1. The highest BCUT2D eigenvalue weighted by atomic mass is 35.5. The maximum Gasteiger partial charge on any atom is 0.407 e. The lowest BCUT2D eigenvalue weighted by Gasteiger charge is -2.45. The van der Waals surface area contributed by atoms with Crippen LogP contribution >= 0.6 is 11.6 Å². The summed E-state index contributed by atoms with van der Waals surface area (Å²) in [5.74, 6) is 0.950. The molecule has 0 heterocycles. The summed E-state index contributed by atoms with van der Waals surface area (Å²) in [4.78, 5) is 25.5. The Morgan fingerprint density at radius 3 is 2.62 bits per heavy atom. The van der Waals surface area contributed by atoms with Crippen LogP contribution in [0.2, 0.25) is 5.02 Å². The van der Waals surface area contributed by atoms with Crippen LogP contribution in [-0.4, -0.2) is 64.4 Å². The van der Waals surface area contributed by atoms with Gasteiger partial charge in [-0.15, -0.1) is 0 Å². The lowest BCUT2D eigenvalue weighted by molar-refractivity contribution is 0.0682. The number of hydrogen-bond acceptors (Lipinski definition) is 4. The number of rotatable bonds is 10. The zero-order valence-electron chi connectivity index (χ0n) is 18.7. The van der Waals surface area contributed by atoms with Gasteiger partial charge < -0.3 is 20.6 Å². The van der Waals surface area contributed by atoms with Crippen LogP contribution in [0.25, 0.3) is 0 Å². The maximum atomic E-state index is 12.9. The molecule has 32 heavy (non-hydrogen) atoms. The first-order chi connectivity index (χ1) is 15.3. The van der Waals surface area contributed by atoms with Crippen LogP contribution in [0.1, 0.15) is 55.3 Å². The third-order valence-corrected chi connectivity index (χ3v) is 7.91. The minimum Gasteiger partial charge on any atom is -0.465 e. The SMILES string of the molecule is CS(=O)CCN(CCNc1ccc(Cl)c(C(=O)NCC23CCCC(CCC2)C3)c1)C(=O)O. The lowest BCUT2D eigenvalue weighted by atomic mass is 9.62. The second kappa shape index (κ2) is 11.4. The summed E-state index contributed by atoms with van der Waals surface area (Å²) in [6.07, 6.45) is 9.25. The van der Waals surface area contributed by atoms with Crippen molar-refractivity contribution in [3.8, 4) is 0 Å². The van der Waals surface area contributed by atoms with Gasteiger partial charge in [-0.3, -0.25) is 9.00 Å². The molecular weight excluding hydrogens is 450 g/mol. The van der Waals surface area contributed by atoms with Crippen LogP contribution in [0.4, 0.5) is 10.5 Å². The van der Waals surface area contributed by atoms with E-state index in [0.29, 0.717) is 35.1 Å². The van der Waals surface area contributed by atoms with E-state index in [2.05, 4.69) is 10.6 Å². The van der Waals surface area contributed by atoms with E-state index >= 15 is 0 Å². The number of carbonyl (C=O) groups excluding carboxylic acids is 1. The van der Waals surface area contributed by atoms with E-state index in [1.807, 2.05) is 0 Å². The molecule has 178 valence electrons. The smallest absolute Gasteiger partial charge is 0.407 e. The predicted molar refractivity (Wildman–Crippen MR) is 129 cm³/mol. The molecule has 2 fully saturated rings. The molecule has 7 nitrogen and oxygen atoms in total. The number of halogens is 1. The summed E-state index contributed by atoms with van der Waals surface area (Å²) in [5.41, 5.74) is 1.37. The molecule has 3 rings (SSSR count). The Kier molecular flexibility index (Phi) is 8.82. The van der Waals surface area contributed by atoms with E-state index in [9.17, 15) is 18.9 Å². The summed E-state index contributed by atoms with van der Waals surface area (Å²) < 4.78 is 11.2. The number of benzene rings is 1. The van der Waals surface area contributed by atoms with Crippen molar-refractivity contribution in [2.24, 2.45) is 11.3 Å². The van der Waals surface area contributed by atoms with Crippen LogP contribution in [0, 0.1) is 11.3 Å². The van der Waals surface area contributed by atoms with Crippen molar-refractivity contribution in [2.75, 3.05) is 43.5 Å². The Balaban J connectivity index is 1.54. The van der Waals surface area contributed by atoms with Crippen molar-refractivity contribution in [2.45, 2.75) is 44.9 Å². The van der Waals surface area contributed by atoms with E-state index in [0.717, 1.165) is 5.92 Å². The quantitative estimate of drug-likeness (QED) is 0.463. The molecule has 0 spiro atoms. The number of nitrogens with zero attached hydrogens (tertiary/aromatic N) is 1. The monoisotopic (exact) mass is 483 g/mol. The molecular formula is C23H34ClN3O4S. The fourth-order valence-electron chi connectivity index (χ4n) is 5.12. The van der Waals surface area contributed by atoms with Crippen molar-refractivity contribution in [3.63, 3.8) is 0 Å². The van der Waals surface area contributed by atoms with Gasteiger partial charge in [0, 0.05) is 54.7 Å². The van der Waals surface area contributed by atoms with E-state index in [4.69, 9.17) is 11.6 Å². The highest BCUT2D eigenvalue weighted by molar-refractivity contribution is 7.84. The Morgan fingerprint density at radius 1 is 1.25 bits per heavy atom. The number of carbonyl (C=O) groups is 2. The van der Waals surface area contributed by atoms with E-state index in [1.54, 1.807) is 24.5 Å². The van der Waals surface area contributed by atoms with Crippen LogP contribution in [0.3, 0.4) is 0 Å². The number of fused-ring (bicyclic) bond motifs is 2. The molecule has 1 aromatic rings. The Hall–Kier alpha value is -1.80. The zero-order valence-corrected chi connectivity index (χ0v) is 20.3. The van der Waals surface area contributed by atoms with Crippen molar-refractivity contribution in [1.82, 2.24) is 10.2 Å². The summed E-state index contributed by atoms with van der Waals surface area (Å²) >= 11 is 6.31. The van der Waals surface area contributed by atoms with Crippen molar-refractivity contribution < 1.29 is 18.9 Å². The first-order valence-corrected chi connectivity index (χ1v) is 13.5. The number of amides is 2. The van der Waals surface area contributed by atoms with Crippen LogP contribution in [0.15, 0.2) is 18.2 Å². The second-order valence-corrected chi connectivity index (χ2v) is 11.2. The van der Waals surface area contributed by atoms with Crippen molar-refractivity contribution in [3.05, 3.63) is 28.8 Å². The molecule has 1 aromatic carbocycles. The largest absolute Gasteiger partial charge is 0.465 e. The minimum absolute atomic E-state index is 0.168. The number of carboxylic acid groups (broad SMARTS) is 1. The number of nitrogens with one attached hydrogen (secondary N) is 2. The molecule has 2 aliphatic carbocycles. The predicted octanol–water partition coefficient (Wildman–Crippen LogP) is 4.20. The summed E-state index contributed by atoms with van der Waals surface area (Å²) in [6, 6.07) is 5.17. The van der Waals surface area contributed by atoms with E-state index in [-0.39, 0.29) is 24.4 Å². The molecule has 9 heteroatoms. The van der Waals surface area contributed by atoms with Gasteiger partial charge in [-0.1, -0.05) is 37.3 Å². The fourth-order valence-corrected chi connectivity index (χ4v) is 5.80. The molecule has 2 amide bonds. The molecule has 2 bridgehead atoms. The molecule has 0 saturated heterocycles. The maximum absolute atomic E-state index is 12.9. The standard InChI is InChI=1S/C23H34ClN3O4S/c1-32(31)13-12-27(22(29)30)11-10-25-18-6-7-20(24)19(14-18)21(28)26-16-23-8-2-4-17(15-23)5-3-9-23/h6-7,14,17,25H,2-5,8-13,15-16H2,1H3,(H,26,28)(H,29,30). The van der Waals surface area contributed by atoms with Crippen molar-refractivity contribution in [1.29, 1.82) is 0 Å². The molecule has 3 N–H and O–H groups in total. The van der Waals surface area contributed by atoms with Gasteiger partial charge in [0.15, 0.2) is 0 Å². The summed E-state index contributed by atoms with van der Waals surface area (Å²) in [7, 11) is -1.05. The highest BCUT2D eigenvalue weighted by Gasteiger charge is 2.39. The molecule has 0 radical (unpaired) electrons. The highest BCUT2D eigenvalue weighted by Crippen LogP contribution is 2.48. The second-order valence-electron chi connectivity index (χ2n) is 9.21. The fraction of sp³-hybridized carbons (Fsp3) is 0.652. The molecule has 2 saturated carbocycles. The normalized spacial score (nSPS) is 23.2. The average Bonchev–Trinajstić information content (AvgIpc) is 2.75. The van der Waals surface area contributed by atoms with Gasteiger partial charge in [-0.25, -0.2) is 4.79 Å². The van der Waals surface area contributed by atoms with E-state index < -0.39 is 16.9 Å². The van der Waals surface area contributed by atoms with Gasteiger partial charge in [0.2, 0.25) is 0 Å². The van der Waals surface area contributed by atoms with Crippen LogP contribution < -0.4 is 10.6 Å². The molecule has 1 atom stereocenters. The van der Waals surface area contributed by atoms with Gasteiger partial charge in [-0.2, -0.15) is 0 Å². The third kappa shape index (κ3) is 6.85. The first kappa shape index (κ1) is 24.8. The first-order valence-electron chi connectivity index (χ1n) is 11.4. The minimum atomic E-state index is -1.05. The lowest BCUT2D eigenvalue weighted by Crippen LogP contribution is -2.43. The Morgan fingerprint density at radius 2 is 1.97 bits per heavy atom. The molecule has 1 unspecified atom stereocenters. The van der Waals surface area contributed by atoms with Gasteiger partial charge >= 0.3 is 6.09 Å². The summed E-state index contributed by atoms with van der Waals surface area (Å²) in [5, 5.41) is 16.0. The summed E-state index contributed by atoms with van der Waals surface area (Å²) in [6.45, 7) is 1.54. The third-order valence-electron chi connectivity index (χ3n) is 6.83. The number of hydrogen-bond donors (Lipinski definition) is 3. The van der Waals surface area contributed by atoms with Gasteiger partial charge in [0.05, 0.1) is 10.6 Å². The van der Waals surface area contributed by atoms with Crippen LogP contribution in [-0.2, 0) is 10.8 Å². The Labute approximate surface area is 197 Å². The number of anilines is 1. The Bertz CT molecular complexity index is 841. The molecule has 0 aromatic heterocycles. The van der Waals surface area contributed by atoms with Crippen molar-refractivity contribution >= 4 is 40.1 Å². The van der Waals surface area contributed by atoms with Gasteiger partial charge in [-0.05, 0) is 48.8 Å². The van der Waals surface area contributed by atoms with E-state index in [1.165, 1.54) is 49.8 Å². The van der Waals surface area contributed by atoms with Gasteiger partial charge in [0.1, 0.15) is 0 Å². The van der Waals surface area contributed by atoms with Gasteiger partial charge in [0.25, 0.3) is 5.91 Å².